The molecular formula is C14H25FN2O3. The Labute approximate surface area is 119 Å². The van der Waals surface area contributed by atoms with Gasteiger partial charge in [-0.05, 0) is 27.2 Å². The first-order valence-electron chi connectivity index (χ1n) is 7.29. The Hall–Kier alpha value is -0.880. The number of rotatable bonds is 3. The molecule has 2 rings (SSSR count). The third-order valence-corrected chi connectivity index (χ3v) is 3.55. The second kappa shape index (κ2) is 6.26. The van der Waals surface area contributed by atoms with Gasteiger partial charge in [0.05, 0.1) is 19.3 Å². The average molecular weight is 288 g/mol. The van der Waals surface area contributed by atoms with Gasteiger partial charge in [-0.2, -0.15) is 0 Å². The van der Waals surface area contributed by atoms with E-state index in [0.717, 1.165) is 13.1 Å². The molecule has 1 amide bonds. The van der Waals surface area contributed by atoms with Gasteiger partial charge < -0.3 is 19.7 Å². The molecule has 2 atom stereocenters. The summed E-state index contributed by atoms with van der Waals surface area (Å²) in [6.07, 6.45) is -1.44. The van der Waals surface area contributed by atoms with Gasteiger partial charge in [0.25, 0.3) is 0 Å². The number of carbonyl (C=O) groups is 1. The highest BCUT2D eigenvalue weighted by atomic mass is 19.1. The maximum absolute atomic E-state index is 14.1. The van der Waals surface area contributed by atoms with Crippen molar-refractivity contribution in [2.75, 3.05) is 32.8 Å². The Morgan fingerprint density at radius 2 is 2.10 bits per heavy atom. The summed E-state index contributed by atoms with van der Waals surface area (Å²) in [7, 11) is 0. The summed E-state index contributed by atoms with van der Waals surface area (Å²) in [5.41, 5.74) is -0.548. The molecule has 0 aromatic rings. The molecule has 2 heterocycles. The third kappa shape index (κ3) is 4.31. The average Bonchev–Trinajstić information content (AvgIpc) is 2.26. The van der Waals surface area contributed by atoms with E-state index >= 15 is 0 Å². The topological polar surface area (TPSA) is 50.8 Å². The molecule has 1 N–H and O–H groups in total. The van der Waals surface area contributed by atoms with Crippen LogP contribution in [0.2, 0.25) is 0 Å². The number of nitrogens with zero attached hydrogens (tertiary/aromatic N) is 1. The summed E-state index contributed by atoms with van der Waals surface area (Å²) in [5, 5.41) is 3.16. The minimum Gasteiger partial charge on any atom is -0.444 e. The second-order valence-corrected chi connectivity index (χ2v) is 6.63. The minimum absolute atomic E-state index is 0.0580. The zero-order valence-electron chi connectivity index (χ0n) is 12.5. The van der Waals surface area contributed by atoms with E-state index in [1.165, 1.54) is 4.90 Å². The lowest BCUT2D eigenvalue weighted by molar-refractivity contribution is -0.0647. The first-order chi connectivity index (χ1) is 9.35. The summed E-state index contributed by atoms with van der Waals surface area (Å²) >= 11 is 0. The summed E-state index contributed by atoms with van der Waals surface area (Å²) in [6.45, 7) is 8.47. The van der Waals surface area contributed by atoms with Crippen molar-refractivity contribution in [3.05, 3.63) is 0 Å². The Morgan fingerprint density at radius 3 is 2.60 bits per heavy atom. The van der Waals surface area contributed by atoms with Crippen molar-refractivity contribution in [2.45, 2.75) is 45.1 Å². The fraction of sp³-hybridized carbons (Fsp3) is 0.929. The molecule has 0 unspecified atom stereocenters. The molecule has 0 spiro atoms. The van der Waals surface area contributed by atoms with Crippen LogP contribution in [0.15, 0.2) is 0 Å². The largest absolute Gasteiger partial charge is 0.444 e. The van der Waals surface area contributed by atoms with E-state index in [-0.39, 0.29) is 6.54 Å². The van der Waals surface area contributed by atoms with Gasteiger partial charge in [0.1, 0.15) is 11.8 Å². The van der Waals surface area contributed by atoms with Gasteiger partial charge in [0.15, 0.2) is 0 Å². The van der Waals surface area contributed by atoms with Gasteiger partial charge in [0.2, 0.25) is 0 Å². The molecule has 20 heavy (non-hydrogen) atoms. The van der Waals surface area contributed by atoms with Gasteiger partial charge in [-0.25, -0.2) is 9.18 Å². The Bertz CT molecular complexity index is 342. The molecule has 0 aliphatic carbocycles. The molecule has 0 aromatic heterocycles. The molecule has 0 radical (unpaired) electrons. The second-order valence-electron chi connectivity index (χ2n) is 6.63. The van der Waals surface area contributed by atoms with E-state index in [1.807, 2.05) is 0 Å². The molecule has 2 aliphatic rings. The molecule has 0 bridgehead atoms. The highest BCUT2D eigenvalue weighted by Gasteiger charge is 2.34. The van der Waals surface area contributed by atoms with Crippen LogP contribution in [-0.4, -0.2) is 61.7 Å². The lowest BCUT2D eigenvalue weighted by Crippen LogP contribution is -2.51. The first kappa shape index (κ1) is 15.5. The maximum atomic E-state index is 14.1. The first-order valence-corrected chi connectivity index (χ1v) is 7.29. The van der Waals surface area contributed by atoms with Crippen LogP contribution < -0.4 is 5.32 Å². The van der Waals surface area contributed by atoms with Crippen molar-refractivity contribution in [2.24, 2.45) is 5.92 Å². The van der Waals surface area contributed by atoms with Gasteiger partial charge in [0, 0.05) is 25.6 Å². The zero-order valence-corrected chi connectivity index (χ0v) is 12.5. The fourth-order valence-electron chi connectivity index (χ4n) is 2.29. The number of amides is 1. The number of hydrogen-bond acceptors (Lipinski definition) is 4. The van der Waals surface area contributed by atoms with Crippen molar-refractivity contribution in [1.82, 2.24) is 10.2 Å². The maximum Gasteiger partial charge on any atom is 0.410 e. The fourth-order valence-corrected chi connectivity index (χ4v) is 2.29. The third-order valence-electron chi connectivity index (χ3n) is 3.55. The highest BCUT2D eigenvalue weighted by molar-refractivity contribution is 5.68. The van der Waals surface area contributed by atoms with Crippen molar-refractivity contribution in [3.8, 4) is 0 Å². The van der Waals surface area contributed by atoms with Crippen LogP contribution in [0, 0.1) is 5.92 Å². The number of carbonyl (C=O) groups excluding carboxylic acids is 1. The Balaban J connectivity index is 1.74. The van der Waals surface area contributed by atoms with Crippen LogP contribution >= 0.6 is 0 Å². The number of likely N-dealkylation sites (tertiary alicyclic amines) is 1. The van der Waals surface area contributed by atoms with Gasteiger partial charge >= 0.3 is 6.09 Å². The van der Waals surface area contributed by atoms with E-state index in [9.17, 15) is 9.18 Å². The number of alkyl halides is 1. The monoisotopic (exact) mass is 288 g/mol. The summed E-state index contributed by atoms with van der Waals surface area (Å²) < 4.78 is 25.0. The predicted octanol–water partition coefficient (Wildman–Crippen LogP) is 1.57. The molecule has 6 heteroatoms. The molecule has 2 saturated heterocycles. The number of nitrogens with one attached hydrogen (secondary N) is 1. The molecule has 0 saturated carbocycles. The van der Waals surface area contributed by atoms with E-state index in [2.05, 4.69) is 5.32 Å². The SMILES string of the molecule is CC(C)(C)OC(=O)N1CC[C@H](OCC2CNC2)[C@H](F)C1. The molecule has 116 valence electrons. The van der Waals surface area contributed by atoms with Crippen LogP contribution in [0.3, 0.4) is 0 Å². The van der Waals surface area contributed by atoms with Crippen LogP contribution in [0.4, 0.5) is 9.18 Å². The predicted molar refractivity (Wildman–Crippen MR) is 73.4 cm³/mol. The van der Waals surface area contributed by atoms with Gasteiger partial charge in [-0.1, -0.05) is 0 Å². The summed E-state index contributed by atoms with van der Waals surface area (Å²) in [5.74, 6) is 0.506. The van der Waals surface area contributed by atoms with E-state index in [0.29, 0.717) is 25.5 Å². The van der Waals surface area contributed by atoms with Crippen LogP contribution in [0.5, 0.6) is 0 Å². The summed E-state index contributed by atoms with van der Waals surface area (Å²) in [6, 6.07) is 0. The minimum atomic E-state index is -1.13. The zero-order chi connectivity index (χ0) is 14.8. The van der Waals surface area contributed by atoms with E-state index in [4.69, 9.17) is 9.47 Å². The van der Waals surface area contributed by atoms with Crippen molar-refractivity contribution < 1.29 is 18.7 Å². The lowest BCUT2D eigenvalue weighted by atomic mass is 10.0. The van der Waals surface area contributed by atoms with E-state index < -0.39 is 24.0 Å². The normalized spacial score (nSPS) is 28.1. The van der Waals surface area contributed by atoms with Gasteiger partial charge in [-0.15, -0.1) is 0 Å². The van der Waals surface area contributed by atoms with Crippen molar-refractivity contribution in [3.63, 3.8) is 0 Å². The summed E-state index contributed by atoms with van der Waals surface area (Å²) in [4.78, 5) is 13.3. The number of halogens is 1. The molecule has 2 fully saturated rings. The smallest absolute Gasteiger partial charge is 0.410 e. The Kier molecular flexibility index (Phi) is 4.86. The van der Waals surface area contributed by atoms with Gasteiger partial charge in [-0.3, -0.25) is 0 Å². The van der Waals surface area contributed by atoms with Crippen molar-refractivity contribution >= 4 is 6.09 Å². The Morgan fingerprint density at radius 1 is 1.40 bits per heavy atom. The highest BCUT2D eigenvalue weighted by Crippen LogP contribution is 2.21. The van der Waals surface area contributed by atoms with Crippen LogP contribution in [0.25, 0.3) is 0 Å². The van der Waals surface area contributed by atoms with Crippen LogP contribution in [-0.2, 0) is 9.47 Å². The van der Waals surface area contributed by atoms with E-state index in [1.54, 1.807) is 20.8 Å². The van der Waals surface area contributed by atoms with Crippen LogP contribution in [0.1, 0.15) is 27.2 Å². The van der Waals surface area contributed by atoms with Crippen molar-refractivity contribution in [1.29, 1.82) is 0 Å². The number of piperidine rings is 1. The lowest BCUT2D eigenvalue weighted by Gasteiger charge is -2.36. The molecule has 2 aliphatic heterocycles. The molecule has 0 aromatic carbocycles. The number of ether oxygens (including phenoxy) is 2. The quantitative estimate of drug-likeness (QED) is 0.856. The number of hydrogen-bond donors (Lipinski definition) is 1. The molecule has 5 nitrogen and oxygen atoms in total. The molecular weight excluding hydrogens is 263 g/mol. The standard InChI is InChI=1S/C14H25FN2O3/c1-14(2,3)20-13(18)17-5-4-12(11(15)8-17)19-9-10-6-16-7-10/h10-12,16H,4-9H2,1-3H3/t11-,12+/m1/s1.